The quantitative estimate of drug-likeness (QED) is 0.883. The third-order valence-electron chi connectivity index (χ3n) is 4.09. The molecule has 1 saturated heterocycles. The van der Waals surface area contributed by atoms with Crippen molar-refractivity contribution in [3.63, 3.8) is 0 Å². The predicted octanol–water partition coefficient (Wildman–Crippen LogP) is 1.74. The van der Waals surface area contributed by atoms with Crippen molar-refractivity contribution in [1.29, 1.82) is 0 Å². The smallest absolute Gasteiger partial charge is 0.407 e. The van der Waals surface area contributed by atoms with Crippen LogP contribution in [0.1, 0.15) is 18.4 Å². The van der Waals surface area contributed by atoms with Crippen molar-refractivity contribution in [3.8, 4) is 0 Å². The number of amides is 2. The van der Waals surface area contributed by atoms with E-state index in [1.807, 2.05) is 30.3 Å². The van der Waals surface area contributed by atoms with E-state index in [1.165, 1.54) is 4.90 Å². The van der Waals surface area contributed by atoms with E-state index in [-0.39, 0.29) is 5.91 Å². The third-order valence-corrected chi connectivity index (χ3v) is 4.09. The predicted molar refractivity (Wildman–Crippen MR) is 75.5 cm³/mol. The lowest BCUT2D eigenvalue weighted by Crippen LogP contribution is -2.50. The zero-order valence-electron chi connectivity index (χ0n) is 11.6. The second-order valence-electron chi connectivity index (χ2n) is 5.29. The molecule has 2 amide bonds. The first-order chi connectivity index (χ1) is 9.57. The van der Waals surface area contributed by atoms with Gasteiger partial charge in [0.1, 0.15) is 0 Å². The van der Waals surface area contributed by atoms with E-state index in [2.05, 4.69) is 5.32 Å². The van der Waals surface area contributed by atoms with E-state index >= 15 is 0 Å². The normalized spacial score (nSPS) is 17.6. The largest absolute Gasteiger partial charge is 0.465 e. The summed E-state index contributed by atoms with van der Waals surface area (Å²) in [5.74, 6) is 0.00592. The first-order valence-electron chi connectivity index (χ1n) is 6.81. The SMILES string of the molecule is CNC(=O)C1(Cc2ccccc2)CCN(C(=O)O)CC1. The number of rotatable bonds is 3. The lowest BCUT2D eigenvalue weighted by atomic mass is 9.73. The van der Waals surface area contributed by atoms with Gasteiger partial charge < -0.3 is 15.3 Å². The van der Waals surface area contributed by atoms with Gasteiger partial charge in [0.25, 0.3) is 0 Å². The summed E-state index contributed by atoms with van der Waals surface area (Å²) in [5.41, 5.74) is 0.613. The second kappa shape index (κ2) is 5.94. The number of hydrogen-bond acceptors (Lipinski definition) is 2. The summed E-state index contributed by atoms with van der Waals surface area (Å²) in [6.45, 7) is 0.825. The van der Waals surface area contributed by atoms with E-state index in [1.54, 1.807) is 7.05 Å². The average Bonchev–Trinajstić information content (AvgIpc) is 2.48. The number of carbonyl (C=O) groups excluding carboxylic acids is 1. The topological polar surface area (TPSA) is 69.6 Å². The van der Waals surface area contributed by atoms with Crippen molar-refractivity contribution in [2.75, 3.05) is 20.1 Å². The van der Waals surface area contributed by atoms with Gasteiger partial charge in [-0.05, 0) is 24.8 Å². The maximum absolute atomic E-state index is 12.3. The number of hydrogen-bond donors (Lipinski definition) is 2. The van der Waals surface area contributed by atoms with Gasteiger partial charge in [0.2, 0.25) is 5.91 Å². The first kappa shape index (κ1) is 14.4. The molecule has 0 bridgehead atoms. The molecule has 0 spiro atoms. The van der Waals surface area contributed by atoms with Gasteiger partial charge in [0, 0.05) is 20.1 Å². The van der Waals surface area contributed by atoms with Crippen LogP contribution < -0.4 is 5.32 Å². The molecule has 1 aromatic carbocycles. The minimum Gasteiger partial charge on any atom is -0.465 e. The highest BCUT2D eigenvalue weighted by atomic mass is 16.4. The maximum atomic E-state index is 12.3. The number of nitrogens with zero attached hydrogens (tertiary/aromatic N) is 1. The van der Waals surface area contributed by atoms with Crippen LogP contribution in [0.5, 0.6) is 0 Å². The number of benzene rings is 1. The molecule has 0 atom stereocenters. The zero-order valence-corrected chi connectivity index (χ0v) is 11.6. The number of likely N-dealkylation sites (tertiary alicyclic amines) is 1. The van der Waals surface area contributed by atoms with Crippen molar-refractivity contribution in [3.05, 3.63) is 35.9 Å². The number of nitrogens with one attached hydrogen (secondary N) is 1. The molecule has 0 saturated carbocycles. The maximum Gasteiger partial charge on any atom is 0.407 e. The van der Waals surface area contributed by atoms with E-state index in [0.29, 0.717) is 32.4 Å². The van der Waals surface area contributed by atoms with Crippen LogP contribution >= 0.6 is 0 Å². The van der Waals surface area contributed by atoms with Crippen LogP contribution in [-0.2, 0) is 11.2 Å². The second-order valence-corrected chi connectivity index (χ2v) is 5.29. The molecule has 5 nitrogen and oxygen atoms in total. The molecule has 1 heterocycles. The van der Waals surface area contributed by atoms with Crippen LogP contribution in [0, 0.1) is 5.41 Å². The lowest BCUT2D eigenvalue weighted by Gasteiger charge is -2.39. The molecule has 1 aliphatic heterocycles. The third kappa shape index (κ3) is 2.92. The van der Waals surface area contributed by atoms with Gasteiger partial charge >= 0.3 is 6.09 Å². The Morgan fingerprint density at radius 1 is 1.25 bits per heavy atom. The highest BCUT2D eigenvalue weighted by Gasteiger charge is 2.41. The van der Waals surface area contributed by atoms with Crippen LogP contribution in [0.3, 0.4) is 0 Å². The molecule has 0 radical (unpaired) electrons. The Hall–Kier alpha value is -2.04. The molecule has 0 aromatic heterocycles. The fraction of sp³-hybridized carbons (Fsp3) is 0.467. The number of piperidine rings is 1. The minimum atomic E-state index is -0.907. The van der Waals surface area contributed by atoms with Gasteiger partial charge in [-0.2, -0.15) is 0 Å². The van der Waals surface area contributed by atoms with Crippen molar-refractivity contribution in [1.82, 2.24) is 10.2 Å². The summed E-state index contributed by atoms with van der Waals surface area (Å²) < 4.78 is 0. The van der Waals surface area contributed by atoms with Crippen molar-refractivity contribution < 1.29 is 14.7 Å². The van der Waals surface area contributed by atoms with E-state index < -0.39 is 11.5 Å². The minimum absolute atomic E-state index is 0.00592. The van der Waals surface area contributed by atoms with Gasteiger partial charge in [-0.3, -0.25) is 4.79 Å². The Morgan fingerprint density at radius 2 is 1.85 bits per heavy atom. The summed E-state index contributed by atoms with van der Waals surface area (Å²) in [6, 6.07) is 9.88. The van der Waals surface area contributed by atoms with Gasteiger partial charge in [-0.25, -0.2) is 4.79 Å². The monoisotopic (exact) mass is 276 g/mol. The fourth-order valence-electron chi connectivity index (χ4n) is 2.86. The van der Waals surface area contributed by atoms with Crippen LogP contribution in [0.25, 0.3) is 0 Å². The first-order valence-corrected chi connectivity index (χ1v) is 6.81. The molecule has 2 rings (SSSR count). The Morgan fingerprint density at radius 3 is 2.35 bits per heavy atom. The molecule has 0 unspecified atom stereocenters. The van der Waals surface area contributed by atoms with Crippen LogP contribution in [-0.4, -0.2) is 42.1 Å². The molecule has 1 fully saturated rings. The average molecular weight is 276 g/mol. The Kier molecular flexibility index (Phi) is 4.27. The van der Waals surface area contributed by atoms with Crippen molar-refractivity contribution in [2.45, 2.75) is 19.3 Å². The Labute approximate surface area is 118 Å². The summed E-state index contributed by atoms with van der Waals surface area (Å²) >= 11 is 0. The molecular formula is C15H20N2O3. The number of carbonyl (C=O) groups is 2. The number of carboxylic acid groups (broad SMARTS) is 1. The van der Waals surface area contributed by atoms with Crippen molar-refractivity contribution >= 4 is 12.0 Å². The van der Waals surface area contributed by atoms with Crippen molar-refractivity contribution in [2.24, 2.45) is 5.41 Å². The Balaban J connectivity index is 2.16. The van der Waals surface area contributed by atoms with E-state index in [9.17, 15) is 9.59 Å². The highest BCUT2D eigenvalue weighted by Crippen LogP contribution is 2.35. The van der Waals surface area contributed by atoms with Gasteiger partial charge in [0.15, 0.2) is 0 Å². The molecule has 1 aromatic rings. The zero-order chi connectivity index (χ0) is 14.6. The fourth-order valence-corrected chi connectivity index (χ4v) is 2.86. The summed E-state index contributed by atoms with van der Waals surface area (Å²) in [4.78, 5) is 24.7. The molecule has 0 aliphatic carbocycles. The van der Waals surface area contributed by atoms with Gasteiger partial charge in [-0.15, -0.1) is 0 Å². The molecule has 108 valence electrons. The highest BCUT2D eigenvalue weighted by molar-refractivity contribution is 5.83. The van der Waals surface area contributed by atoms with E-state index in [0.717, 1.165) is 5.56 Å². The molecule has 1 aliphatic rings. The summed E-state index contributed by atoms with van der Waals surface area (Å²) in [7, 11) is 1.64. The standard InChI is InChI=1S/C15H20N2O3/c1-16-13(18)15(11-12-5-3-2-4-6-12)7-9-17(10-8-15)14(19)20/h2-6H,7-11H2,1H3,(H,16,18)(H,19,20). The van der Waals surface area contributed by atoms with Crippen LogP contribution in [0.4, 0.5) is 4.79 Å². The van der Waals surface area contributed by atoms with Gasteiger partial charge in [-0.1, -0.05) is 30.3 Å². The Bertz CT molecular complexity index is 479. The van der Waals surface area contributed by atoms with Crippen LogP contribution in [0.15, 0.2) is 30.3 Å². The molecule has 2 N–H and O–H groups in total. The summed E-state index contributed by atoms with van der Waals surface area (Å²) in [6.07, 6.45) is 0.873. The van der Waals surface area contributed by atoms with E-state index in [4.69, 9.17) is 5.11 Å². The summed E-state index contributed by atoms with van der Waals surface area (Å²) in [5, 5.41) is 11.8. The molecular weight excluding hydrogens is 256 g/mol. The molecule has 5 heteroatoms. The molecule has 20 heavy (non-hydrogen) atoms. The van der Waals surface area contributed by atoms with Gasteiger partial charge in [0.05, 0.1) is 5.41 Å². The lowest BCUT2D eigenvalue weighted by molar-refractivity contribution is -0.133. The van der Waals surface area contributed by atoms with Crippen LogP contribution in [0.2, 0.25) is 0 Å².